The lowest BCUT2D eigenvalue weighted by atomic mass is 10.00. The van der Waals surface area contributed by atoms with Gasteiger partial charge in [0.05, 0.1) is 6.04 Å². The normalized spacial score (nSPS) is 15.3. The molecule has 6 N–H and O–H groups in total. The molecule has 0 fully saturated rings. The second-order valence-electron chi connectivity index (χ2n) is 9.20. The molecule has 0 bridgehead atoms. The molecule has 0 radical (unpaired) electrons. The van der Waals surface area contributed by atoms with Crippen molar-refractivity contribution in [1.29, 1.82) is 0 Å². The van der Waals surface area contributed by atoms with Gasteiger partial charge in [0.25, 0.3) is 0 Å². The van der Waals surface area contributed by atoms with Crippen LogP contribution in [-0.2, 0) is 19.2 Å². The van der Waals surface area contributed by atoms with Gasteiger partial charge in [0, 0.05) is 5.75 Å². The number of nitrogens with two attached hydrogens (primary N) is 1. The molecule has 0 aliphatic carbocycles. The molecule has 4 unspecified atom stereocenters. The Kier molecular flexibility index (Phi) is 13.5. The van der Waals surface area contributed by atoms with Crippen molar-refractivity contribution in [3.05, 3.63) is 0 Å². The molecular weight excluding hydrogens is 420 g/mol. The molecule has 3 amide bonds. The highest BCUT2D eigenvalue weighted by Crippen LogP contribution is 2.09. The minimum atomic E-state index is -1.13. The van der Waals surface area contributed by atoms with Crippen LogP contribution < -0.4 is 21.7 Å². The van der Waals surface area contributed by atoms with Gasteiger partial charge in [-0.2, -0.15) is 12.6 Å². The molecule has 0 aromatic heterocycles. The van der Waals surface area contributed by atoms with Crippen LogP contribution in [0.5, 0.6) is 0 Å². The summed E-state index contributed by atoms with van der Waals surface area (Å²) in [7, 11) is 0. The minimum absolute atomic E-state index is 0.0209. The Morgan fingerprint density at radius 2 is 1.10 bits per heavy atom. The predicted octanol–water partition coefficient (Wildman–Crippen LogP) is 0.921. The van der Waals surface area contributed by atoms with Crippen molar-refractivity contribution >= 4 is 36.3 Å². The van der Waals surface area contributed by atoms with Gasteiger partial charge in [0.2, 0.25) is 17.7 Å². The van der Waals surface area contributed by atoms with Gasteiger partial charge in [-0.15, -0.1) is 0 Å². The number of aliphatic carboxylic acids is 1. The molecule has 31 heavy (non-hydrogen) atoms. The molecule has 0 spiro atoms. The number of hydrogen-bond donors (Lipinski definition) is 6. The largest absolute Gasteiger partial charge is 0.480 e. The Morgan fingerprint density at radius 3 is 1.52 bits per heavy atom. The summed E-state index contributed by atoms with van der Waals surface area (Å²) >= 11 is 4.14. The predicted molar refractivity (Wildman–Crippen MR) is 124 cm³/mol. The van der Waals surface area contributed by atoms with E-state index in [-0.39, 0.29) is 29.9 Å². The molecule has 0 heterocycles. The lowest BCUT2D eigenvalue weighted by molar-refractivity contribution is -0.142. The molecule has 0 aliphatic heterocycles. The molecule has 10 heteroatoms. The summed E-state index contributed by atoms with van der Waals surface area (Å²) in [6.07, 6.45) is 1.05. The van der Waals surface area contributed by atoms with E-state index in [0.29, 0.717) is 12.8 Å². The molecule has 0 aliphatic rings. The van der Waals surface area contributed by atoms with Crippen molar-refractivity contribution in [3.63, 3.8) is 0 Å². The zero-order chi connectivity index (χ0) is 24.3. The third kappa shape index (κ3) is 12.0. The topological polar surface area (TPSA) is 151 Å². The summed E-state index contributed by atoms with van der Waals surface area (Å²) in [5, 5.41) is 17.1. The summed E-state index contributed by atoms with van der Waals surface area (Å²) < 4.78 is 0. The van der Waals surface area contributed by atoms with Crippen molar-refractivity contribution in [3.8, 4) is 0 Å². The zero-order valence-electron chi connectivity index (χ0n) is 19.5. The number of rotatable bonds is 14. The van der Waals surface area contributed by atoms with Crippen molar-refractivity contribution in [1.82, 2.24) is 16.0 Å². The first-order chi connectivity index (χ1) is 14.3. The SMILES string of the molecule is CC(C)CC(N)C(=O)NC(CS)C(=O)NC(CC(C)C)C(=O)NC(CC(C)C)C(=O)O. The number of thiol groups is 1. The monoisotopic (exact) mass is 460 g/mol. The second-order valence-corrected chi connectivity index (χ2v) is 9.56. The van der Waals surface area contributed by atoms with Crippen LogP contribution in [0.15, 0.2) is 0 Å². The van der Waals surface area contributed by atoms with E-state index >= 15 is 0 Å². The van der Waals surface area contributed by atoms with Gasteiger partial charge in [0.15, 0.2) is 0 Å². The number of nitrogens with one attached hydrogen (secondary N) is 3. The van der Waals surface area contributed by atoms with Gasteiger partial charge < -0.3 is 26.8 Å². The first-order valence-corrected chi connectivity index (χ1v) is 11.4. The first-order valence-electron chi connectivity index (χ1n) is 10.8. The average Bonchev–Trinajstić information content (AvgIpc) is 2.62. The Balaban J connectivity index is 5.25. The fourth-order valence-electron chi connectivity index (χ4n) is 3.03. The molecule has 180 valence electrons. The van der Waals surface area contributed by atoms with Gasteiger partial charge in [-0.25, -0.2) is 4.79 Å². The van der Waals surface area contributed by atoms with E-state index in [2.05, 4.69) is 28.6 Å². The molecule has 0 aromatic carbocycles. The quantitative estimate of drug-likeness (QED) is 0.212. The van der Waals surface area contributed by atoms with Crippen LogP contribution in [0.25, 0.3) is 0 Å². The van der Waals surface area contributed by atoms with Crippen LogP contribution in [0.3, 0.4) is 0 Å². The third-order valence-electron chi connectivity index (χ3n) is 4.54. The van der Waals surface area contributed by atoms with E-state index in [4.69, 9.17) is 5.73 Å². The first kappa shape index (κ1) is 29.2. The van der Waals surface area contributed by atoms with Crippen molar-refractivity contribution in [2.75, 3.05) is 5.75 Å². The molecular formula is C21H40N4O5S. The lowest BCUT2D eigenvalue weighted by Crippen LogP contribution is -2.58. The van der Waals surface area contributed by atoms with Gasteiger partial charge in [-0.3, -0.25) is 14.4 Å². The summed E-state index contributed by atoms with van der Waals surface area (Å²) in [4.78, 5) is 49.3. The van der Waals surface area contributed by atoms with Crippen LogP contribution in [0.1, 0.15) is 60.8 Å². The highest BCUT2D eigenvalue weighted by molar-refractivity contribution is 7.80. The van der Waals surface area contributed by atoms with E-state index in [1.165, 1.54) is 0 Å². The highest BCUT2D eigenvalue weighted by atomic mass is 32.1. The van der Waals surface area contributed by atoms with Crippen LogP contribution >= 0.6 is 12.6 Å². The standard InChI is InChI=1S/C21H40N4O5S/c1-11(2)7-14(22)18(26)25-17(10-31)20(28)23-15(8-12(3)4)19(27)24-16(21(29)30)9-13(5)6/h11-17,31H,7-10,22H2,1-6H3,(H,23,28)(H,24,27)(H,25,26)(H,29,30). The Labute approximate surface area is 191 Å². The van der Waals surface area contributed by atoms with Crippen LogP contribution in [0.2, 0.25) is 0 Å². The summed E-state index contributed by atoms with van der Waals surface area (Å²) in [5.41, 5.74) is 5.87. The fourth-order valence-corrected chi connectivity index (χ4v) is 3.29. The molecule has 4 atom stereocenters. The second kappa shape index (κ2) is 14.3. The van der Waals surface area contributed by atoms with Crippen molar-refractivity contribution in [2.24, 2.45) is 23.5 Å². The fraction of sp³-hybridized carbons (Fsp3) is 0.810. The number of carboxylic acids is 1. The van der Waals surface area contributed by atoms with Crippen molar-refractivity contribution in [2.45, 2.75) is 85.0 Å². The Bertz CT molecular complexity index is 613. The zero-order valence-corrected chi connectivity index (χ0v) is 20.4. The maximum atomic E-state index is 12.8. The van der Waals surface area contributed by atoms with Crippen molar-refractivity contribution < 1.29 is 24.3 Å². The lowest BCUT2D eigenvalue weighted by Gasteiger charge is -2.26. The van der Waals surface area contributed by atoms with E-state index in [0.717, 1.165) is 0 Å². The van der Waals surface area contributed by atoms with Crippen LogP contribution in [0.4, 0.5) is 0 Å². The van der Waals surface area contributed by atoms with E-state index in [1.807, 2.05) is 41.5 Å². The summed E-state index contributed by atoms with van der Waals surface area (Å²) in [5.74, 6) is -2.37. The van der Waals surface area contributed by atoms with E-state index in [9.17, 15) is 24.3 Å². The highest BCUT2D eigenvalue weighted by Gasteiger charge is 2.30. The maximum Gasteiger partial charge on any atom is 0.326 e. The van der Waals surface area contributed by atoms with E-state index < -0.39 is 47.9 Å². The molecule has 9 nitrogen and oxygen atoms in total. The maximum absolute atomic E-state index is 12.8. The number of hydrogen-bond acceptors (Lipinski definition) is 6. The third-order valence-corrected chi connectivity index (χ3v) is 4.90. The Hall–Kier alpha value is -1.81. The van der Waals surface area contributed by atoms with Crippen LogP contribution in [-0.4, -0.2) is 58.7 Å². The average molecular weight is 461 g/mol. The molecule has 0 saturated carbocycles. The minimum Gasteiger partial charge on any atom is -0.480 e. The van der Waals surface area contributed by atoms with Crippen LogP contribution in [0, 0.1) is 17.8 Å². The Morgan fingerprint density at radius 1 is 0.710 bits per heavy atom. The van der Waals surface area contributed by atoms with Gasteiger partial charge in [0.1, 0.15) is 18.1 Å². The number of amides is 3. The number of carbonyl (C=O) groups is 4. The number of carbonyl (C=O) groups excluding carboxylic acids is 3. The van der Waals surface area contributed by atoms with E-state index in [1.54, 1.807) is 0 Å². The molecule has 0 saturated heterocycles. The summed E-state index contributed by atoms with van der Waals surface area (Å²) in [6.45, 7) is 11.4. The smallest absolute Gasteiger partial charge is 0.326 e. The van der Waals surface area contributed by atoms with Gasteiger partial charge in [-0.1, -0.05) is 41.5 Å². The number of carboxylic acid groups (broad SMARTS) is 1. The molecule has 0 aromatic rings. The van der Waals surface area contributed by atoms with Gasteiger partial charge >= 0.3 is 5.97 Å². The summed E-state index contributed by atoms with van der Waals surface area (Å²) in [6, 6.07) is -3.71. The molecule has 0 rings (SSSR count). The van der Waals surface area contributed by atoms with Gasteiger partial charge in [-0.05, 0) is 37.0 Å².